The molecule has 3 heterocycles. The summed E-state index contributed by atoms with van der Waals surface area (Å²) in [5.74, 6) is -0.0538. The minimum Gasteiger partial charge on any atom is -0.382 e. The maximum absolute atomic E-state index is 13.3. The number of fused-ring (bicyclic) bond motifs is 1. The molecule has 4 rings (SSSR count). The number of aromatic nitrogens is 3. The molecule has 1 aromatic carbocycles. The zero-order valence-corrected chi connectivity index (χ0v) is 18.0. The van der Waals surface area contributed by atoms with Gasteiger partial charge in [0.1, 0.15) is 16.8 Å². The highest BCUT2D eigenvalue weighted by Gasteiger charge is 2.14. The first-order valence-electron chi connectivity index (χ1n) is 8.96. The molecule has 4 aromatic rings. The van der Waals surface area contributed by atoms with Crippen LogP contribution in [0.3, 0.4) is 0 Å². The van der Waals surface area contributed by atoms with Crippen LogP contribution in [0, 0.1) is 11.4 Å². The summed E-state index contributed by atoms with van der Waals surface area (Å²) in [5.41, 5.74) is 10.5. The number of anilines is 3. The van der Waals surface area contributed by atoms with Gasteiger partial charge in [0.05, 0.1) is 28.0 Å². The van der Waals surface area contributed by atoms with E-state index in [1.54, 1.807) is 12.1 Å². The zero-order valence-electron chi connectivity index (χ0n) is 15.6. The summed E-state index contributed by atoms with van der Waals surface area (Å²) < 4.78 is 14.4. The fourth-order valence-corrected chi connectivity index (χ4v) is 4.40. The van der Waals surface area contributed by atoms with Crippen LogP contribution in [0.5, 0.6) is 0 Å². The summed E-state index contributed by atoms with van der Waals surface area (Å²) in [6.45, 7) is 0.846. The van der Waals surface area contributed by atoms with Crippen LogP contribution in [0.2, 0.25) is 0 Å². The van der Waals surface area contributed by atoms with Gasteiger partial charge in [-0.05, 0) is 45.6 Å². The van der Waals surface area contributed by atoms with Gasteiger partial charge < -0.3 is 16.4 Å². The number of hydrogen-bond acceptors (Lipinski definition) is 8. The lowest BCUT2D eigenvalue weighted by molar-refractivity contribution is 0.578. The van der Waals surface area contributed by atoms with Crippen molar-refractivity contribution in [1.82, 2.24) is 15.0 Å². The number of hydrogen-bond donors (Lipinski definition) is 4. The minimum absolute atomic E-state index is 0.224. The second kappa shape index (κ2) is 8.72. The van der Waals surface area contributed by atoms with Gasteiger partial charge in [0, 0.05) is 23.5 Å². The number of rotatable bonds is 7. The third-order valence-corrected chi connectivity index (χ3v) is 5.88. The quantitative estimate of drug-likeness (QED) is 0.222. The number of nitrogen functional groups attached to an aromatic ring is 1. The van der Waals surface area contributed by atoms with Crippen molar-refractivity contribution in [2.24, 2.45) is 0 Å². The lowest BCUT2D eigenvalue weighted by Crippen LogP contribution is -2.09. The number of halogens is 2. The van der Waals surface area contributed by atoms with Crippen LogP contribution in [-0.2, 0) is 13.1 Å². The normalized spacial score (nSPS) is 10.9. The van der Waals surface area contributed by atoms with Crippen molar-refractivity contribution < 1.29 is 4.39 Å². The van der Waals surface area contributed by atoms with E-state index < -0.39 is 5.95 Å². The molecular formula is C20H17BrFN7S. The standard InChI is InChI=1S/C20H17BrFN7S/c21-19(23)16-13(25-7-11-9-30-18-17(11)27-10-28-20(18)24)4-2-5-14(16)26-8-12-3-1-6-15(22)29-12/h1-6,9-10,23,25-26H,7-8H2,(H2,24,27,28). The molecule has 0 radical (unpaired) electrons. The lowest BCUT2D eigenvalue weighted by atomic mass is 10.1. The van der Waals surface area contributed by atoms with Crippen molar-refractivity contribution in [1.29, 1.82) is 5.41 Å². The van der Waals surface area contributed by atoms with E-state index in [-0.39, 0.29) is 4.62 Å². The van der Waals surface area contributed by atoms with Crippen LogP contribution in [0.4, 0.5) is 21.6 Å². The fraction of sp³-hybridized carbons (Fsp3) is 0.100. The Morgan fingerprint density at radius 3 is 2.57 bits per heavy atom. The van der Waals surface area contributed by atoms with E-state index in [2.05, 4.69) is 41.5 Å². The predicted octanol–water partition coefficient (Wildman–Crippen LogP) is 4.75. The molecule has 0 saturated carbocycles. The Morgan fingerprint density at radius 1 is 1.10 bits per heavy atom. The molecule has 0 fully saturated rings. The van der Waals surface area contributed by atoms with Crippen LogP contribution < -0.4 is 16.4 Å². The molecule has 3 aromatic heterocycles. The number of thiophene rings is 1. The Balaban J connectivity index is 1.56. The van der Waals surface area contributed by atoms with Crippen molar-refractivity contribution in [3.8, 4) is 0 Å². The zero-order chi connectivity index (χ0) is 21.1. The Labute approximate surface area is 184 Å². The summed E-state index contributed by atoms with van der Waals surface area (Å²) >= 11 is 4.79. The van der Waals surface area contributed by atoms with Crippen LogP contribution in [0.15, 0.2) is 48.1 Å². The van der Waals surface area contributed by atoms with Crippen LogP contribution >= 0.6 is 27.3 Å². The largest absolute Gasteiger partial charge is 0.382 e. The van der Waals surface area contributed by atoms with E-state index in [4.69, 9.17) is 11.1 Å². The average molecular weight is 486 g/mol. The smallest absolute Gasteiger partial charge is 0.213 e. The second-order valence-electron chi connectivity index (χ2n) is 6.40. The van der Waals surface area contributed by atoms with Gasteiger partial charge in [0.15, 0.2) is 0 Å². The first kappa shape index (κ1) is 20.2. The molecular weight excluding hydrogens is 469 g/mol. The molecule has 0 saturated heterocycles. The molecule has 0 aliphatic heterocycles. The number of pyridine rings is 1. The topological polar surface area (TPSA) is 113 Å². The van der Waals surface area contributed by atoms with Gasteiger partial charge in [-0.1, -0.05) is 12.1 Å². The summed E-state index contributed by atoms with van der Waals surface area (Å²) in [6.07, 6.45) is 1.46. The van der Waals surface area contributed by atoms with Gasteiger partial charge >= 0.3 is 0 Å². The Bertz CT molecular complexity index is 1230. The summed E-state index contributed by atoms with van der Waals surface area (Å²) in [6, 6.07) is 10.3. The molecule has 0 atom stereocenters. The highest BCUT2D eigenvalue weighted by atomic mass is 79.9. The molecule has 0 aliphatic carbocycles. The molecule has 10 heteroatoms. The molecule has 0 amide bonds. The van der Waals surface area contributed by atoms with E-state index in [9.17, 15) is 4.39 Å². The maximum Gasteiger partial charge on any atom is 0.213 e. The Hall–Kier alpha value is -3.11. The third kappa shape index (κ3) is 4.24. The predicted molar refractivity (Wildman–Crippen MR) is 123 cm³/mol. The average Bonchev–Trinajstić information content (AvgIpc) is 3.15. The monoisotopic (exact) mass is 485 g/mol. The third-order valence-electron chi connectivity index (χ3n) is 4.44. The molecule has 7 nitrogen and oxygen atoms in total. The first-order chi connectivity index (χ1) is 14.5. The number of nitrogens with two attached hydrogens (primary N) is 1. The molecule has 0 bridgehead atoms. The number of nitrogens with one attached hydrogen (secondary N) is 3. The van der Waals surface area contributed by atoms with Crippen molar-refractivity contribution in [3.63, 3.8) is 0 Å². The molecule has 30 heavy (non-hydrogen) atoms. The van der Waals surface area contributed by atoms with Gasteiger partial charge in [-0.3, -0.25) is 5.41 Å². The maximum atomic E-state index is 13.3. The van der Waals surface area contributed by atoms with E-state index >= 15 is 0 Å². The molecule has 0 spiro atoms. The van der Waals surface area contributed by atoms with Crippen LogP contribution in [0.1, 0.15) is 16.8 Å². The van der Waals surface area contributed by atoms with E-state index in [1.165, 1.54) is 23.7 Å². The Morgan fingerprint density at radius 2 is 1.83 bits per heavy atom. The SMILES string of the molecule is N=C(Br)c1c(NCc2cccc(F)n2)cccc1NCc1csc2c(N)ncnc12. The van der Waals surface area contributed by atoms with Gasteiger partial charge in [0.2, 0.25) is 5.95 Å². The van der Waals surface area contributed by atoms with Crippen molar-refractivity contribution >= 4 is 59.3 Å². The summed E-state index contributed by atoms with van der Waals surface area (Å²) in [4.78, 5) is 12.2. The molecule has 152 valence electrons. The first-order valence-corrected chi connectivity index (χ1v) is 10.6. The van der Waals surface area contributed by atoms with Crippen molar-refractivity contribution in [2.45, 2.75) is 13.1 Å². The van der Waals surface area contributed by atoms with Crippen molar-refractivity contribution in [3.05, 3.63) is 70.9 Å². The summed E-state index contributed by atoms with van der Waals surface area (Å²) in [5, 5.41) is 16.8. The van der Waals surface area contributed by atoms with Crippen molar-refractivity contribution in [2.75, 3.05) is 16.4 Å². The Kier molecular flexibility index (Phi) is 5.86. The van der Waals surface area contributed by atoms with E-state index in [1.807, 2.05) is 23.6 Å². The number of nitrogens with zero attached hydrogens (tertiary/aromatic N) is 3. The second-order valence-corrected chi connectivity index (χ2v) is 8.07. The van der Waals surface area contributed by atoms with Crippen LogP contribution in [0.25, 0.3) is 10.2 Å². The molecule has 0 aliphatic rings. The van der Waals surface area contributed by atoms with E-state index in [0.717, 1.165) is 27.2 Å². The molecule has 0 unspecified atom stereocenters. The molecule has 5 N–H and O–H groups in total. The van der Waals surface area contributed by atoms with Gasteiger partial charge in [-0.25, -0.2) is 15.0 Å². The highest BCUT2D eigenvalue weighted by Crippen LogP contribution is 2.31. The number of benzene rings is 1. The fourth-order valence-electron chi connectivity index (χ4n) is 3.05. The summed E-state index contributed by atoms with van der Waals surface area (Å²) in [7, 11) is 0. The van der Waals surface area contributed by atoms with Gasteiger partial charge in [0.25, 0.3) is 0 Å². The van der Waals surface area contributed by atoms with Gasteiger partial charge in [-0.2, -0.15) is 4.39 Å². The van der Waals surface area contributed by atoms with Gasteiger partial charge in [-0.15, -0.1) is 11.3 Å². The van der Waals surface area contributed by atoms with E-state index in [0.29, 0.717) is 30.2 Å². The highest BCUT2D eigenvalue weighted by molar-refractivity contribution is 9.18. The van der Waals surface area contributed by atoms with Crippen LogP contribution in [-0.4, -0.2) is 19.6 Å². The minimum atomic E-state index is -0.523. The lowest BCUT2D eigenvalue weighted by Gasteiger charge is -2.16.